The number of amides is 5. The number of piperazine rings is 2. The van der Waals surface area contributed by atoms with Gasteiger partial charge in [-0.1, -0.05) is 52.8 Å². The molecule has 8 fully saturated rings. The van der Waals surface area contributed by atoms with Crippen LogP contribution in [0, 0.1) is 5.82 Å². The van der Waals surface area contributed by atoms with E-state index in [0.717, 1.165) is 27.2 Å². The normalized spacial score (nSPS) is 42.3. The van der Waals surface area contributed by atoms with E-state index in [-0.39, 0.29) is 17.9 Å². The van der Waals surface area contributed by atoms with Gasteiger partial charge in [-0.2, -0.15) is 0 Å². The summed E-state index contributed by atoms with van der Waals surface area (Å²) in [5.41, 5.74) is -1.60. The van der Waals surface area contributed by atoms with Gasteiger partial charge in [0.2, 0.25) is 9.74 Å². The molecule has 10 aliphatic rings. The van der Waals surface area contributed by atoms with Gasteiger partial charge in [0.1, 0.15) is 18.1 Å². The molecule has 13 nitrogen and oxygen atoms in total. The number of anilines is 1. The van der Waals surface area contributed by atoms with Crippen LogP contribution in [0.2, 0.25) is 0 Å². The van der Waals surface area contributed by atoms with E-state index in [1.54, 1.807) is 24.9 Å². The van der Waals surface area contributed by atoms with Crippen molar-refractivity contribution in [2.24, 2.45) is 0 Å². The number of nitrogens with one attached hydrogen (secondary N) is 1. The van der Waals surface area contributed by atoms with Gasteiger partial charge in [0.05, 0.1) is 16.9 Å². The summed E-state index contributed by atoms with van der Waals surface area (Å²) in [5.74, 6) is -2.38. The van der Waals surface area contributed by atoms with Crippen LogP contribution < -0.4 is 5.32 Å². The van der Waals surface area contributed by atoms with E-state index in [9.17, 15) is 14.7 Å². The molecule has 5 amide bonds. The molecule has 2 N–H and O–H groups in total. The second-order valence-corrected chi connectivity index (χ2v) is 20.7. The molecule has 2 aromatic rings. The number of carbonyl (C=O) groups is 5. The lowest BCUT2D eigenvalue weighted by Crippen LogP contribution is -2.77. The highest BCUT2D eigenvalue weighted by Gasteiger charge is 2.93. The number of rotatable bonds is 3. The van der Waals surface area contributed by atoms with E-state index in [2.05, 4.69) is 5.32 Å². The van der Waals surface area contributed by atoms with Crippen molar-refractivity contribution in [1.29, 1.82) is 0 Å². The Balaban J connectivity index is 1.38. The lowest BCUT2D eigenvalue weighted by atomic mass is 9.51. The molecule has 53 heavy (non-hydrogen) atoms. The van der Waals surface area contributed by atoms with E-state index < -0.39 is 84.4 Å². The molecule has 0 unspecified atom stereocenters. The molecule has 9 heterocycles. The quantitative estimate of drug-likeness (QED) is 0.441. The largest absolute Gasteiger partial charge is 0.441 e. The molecule has 10 atom stereocenters. The van der Waals surface area contributed by atoms with E-state index in [1.165, 1.54) is 80.5 Å². The number of halogens is 1. The summed E-state index contributed by atoms with van der Waals surface area (Å²) >= 11 is 0. The predicted molar refractivity (Wildman–Crippen MR) is 198 cm³/mol. The number of benzene rings is 2. The maximum absolute atomic E-state index is 16.0. The van der Waals surface area contributed by atoms with Gasteiger partial charge in [0.25, 0.3) is 23.6 Å². The zero-order valence-corrected chi connectivity index (χ0v) is 32.7. The smallest absolute Gasteiger partial charge is 0.409 e. The molecule has 4 bridgehead atoms. The van der Waals surface area contributed by atoms with Gasteiger partial charge in [0, 0.05) is 33.9 Å². The molecule has 9 aliphatic heterocycles. The summed E-state index contributed by atoms with van der Waals surface area (Å²) in [6.07, 6.45) is -4.83. The first-order chi connectivity index (χ1) is 25.1. The van der Waals surface area contributed by atoms with Crippen LogP contribution in [0.4, 0.5) is 14.9 Å². The highest BCUT2D eigenvalue weighted by atomic mass is 33.1. The van der Waals surface area contributed by atoms with E-state index >= 15 is 18.8 Å². The Kier molecular flexibility index (Phi) is 6.52. The maximum atomic E-state index is 16.0. The monoisotopic (exact) mass is 798 g/mol. The maximum Gasteiger partial charge on any atom is 0.409 e. The highest BCUT2D eigenvalue weighted by Crippen LogP contribution is 2.79. The summed E-state index contributed by atoms with van der Waals surface area (Å²) in [6.45, 7) is 3.51. The van der Waals surface area contributed by atoms with Crippen molar-refractivity contribution >= 4 is 78.6 Å². The zero-order valence-electron chi connectivity index (χ0n) is 29.4. The molecule has 2 aromatic carbocycles. The molecule has 0 aromatic heterocycles. The van der Waals surface area contributed by atoms with Crippen molar-refractivity contribution in [2.45, 2.75) is 81.4 Å². The number of likely N-dealkylation sites (N-methyl/N-ethyl adjacent to an activating group) is 2. The van der Waals surface area contributed by atoms with E-state index in [0.29, 0.717) is 17.7 Å². The van der Waals surface area contributed by atoms with Gasteiger partial charge in [-0.25, -0.2) is 9.18 Å². The van der Waals surface area contributed by atoms with Crippen LogP contribution in [0.5, 0.6) is 0 Å². The van der Waals surface area contributed by atoms with Crippen molar-refractivity contribution in [2.75, 3.05) is 33.5 Å². The van der Waals surface area contributed by atoms with Crippen LogP contribution in [0.15, 0.2) is 42.5 Å². The van der Waals surface area contributed by atoms with Crippen molar-refractivity contribution in [3.63, 3.8) is 0 Å². The first-order valence-corrected chi connectivity index (χ1v) is 21.6. The Labute approximate surface area is 319 Å². The number of aliphatic hydroxyl groups excluding tert-OH is 1. The summed E-state index contributed by atoms with van der Waals surface area (Å²) < 4.78 is 22.6. The molecular weight excluding hydrogens is 764 g/mol. The van der Waals surface area contributed by atoms with Gasteiger partial charge in [-0.3, -0.25) is 24.1 Å². The second-order valence-electron chi connectivity index (χ2n) is 15.3. The molecule has 278 valence electrons. The van der Waals surface area contributed by atoms with Crippen molar-refractivity contribution in [3.8, 4) is 0 Å². The first kappa shape index (κ1) is 34.2. The topological polar surface area (TPSA) is 143 Å². The minimum absolute atomic E-state index is 0.199. The van der Waals surface area contributed by atoms with Gasteiger partial charge in [-0.05, 0) is 76.2 Å². The Morgan fingerprint density at radius 1 is 0.925 bits per heavy atom. The summed E-state index contributed by atoms with van der Waals surface area (Å²) in [6, 6.07) is 10.6. The van der Waals surface area contributed by atoms with Gasteiger partial charge in [-0.15, -0.1) is 0 Å². The van der Waals surface area contributed by atoms with Crippen molar-refractivity contribution < 1.29 is 38.2 Å². The third kappa shape index (κ3) is 3.18. The van der Waals surface area contributed by atoms with Crippen LogP contribution in [0.1, 0.15) is 37.0 Å². The summed E-state index contributed by atoms with van der Waals surface area (Å²) in [7, 11) is 10.8. The molecule has 18 heteroatoms. The minimum Gasteiger partial charge on any atom is -0.441 e. The number of fused-ring (bicyclic) bond motifs is 11. The van der Waals surface area contributed by atoms with E-state index in [4.69, 9.17) is 4.74 Å². The molecule has 0 saturated carbocycles. The average Bonchev–Trinajstić information content (AvgIpc) is 3.79. The molecule has 2 spiro atoms. The number of ether oxygens (including phenoxy) is 1. The fourth-order valence-electron chi connectivity index (χ4n) is 11.0. The standard InChI is InChI=1S/C35H35FN6O7S4/c1-7-31-26(45)41-21-14-16-10-8-9-11-18(16)32(21,22(43)34(41,52-51-31)27(46)40(31)6)33-19-15-17(36)12-13-20(19)37-24(33)42-25(44)30(2)39(5)28(47)35(42,53-50-30)23(33)49-29(48)38(3)4/h8-13,15,21-24,37,43H,7,14H2,1-6H3/t21-,22-,23-,24+,30-,31-,32-,33+,34-,35-/m0/s1. The summed E-state index contributed by atoms with van der Waals surface area (Å²) in [4.78, 5) is 75.0. The third-order valence-corrected chi connectivity index (χ3v) is 20.8. The molecular formula is C35H35FN6O7S4. The molecule has 8 saturated heterocycles. The number of aliphatic hydroxyl groups is 1. The first-order valence-electron chi connectivity index (χ1n) is 17.3. The number of nitrogens with zero attached hydrogens (tertiary/aromatic N) is 5. The van der Waals surface area contributed by atoms with Crippen LogP contribution in [-0.4, -0.2) is 131 Å². The van der Waals surface area contributed by atoms with Gasteiger partial charge >= 0.3 is 6.09 Å². The Morgan fingerprint density at radius 2 is 1.62 bits per heavy atom. The van der Waals surface area contributed by atoms with Crippen LogP contribution >= 0.6 is 43.2 Å². The number of carbonyl (C=O) groups excluding carboxylic acids is 5. The van der Waals surface area contributed by atoms with Crippen LogP contribution in [-0.2, 0) is 41.2 Å². The van der Waals surface area contributed by atoms with E-state index in [1.807, 2.05) is 25.1 Å². The Bertz CT molecular complexity index is 2150. The van der Waals surface area contributed by atoms with Gasteiger partial charge < -0.3 is 34.8 Å². The molecule has 0 radical (unpaired) electrons. The second kappa shape index (κ2) is 10.1. The number of hydrogen-bond acceptors (Lipinski definition) is 12. The Morgan fingerprint density at radius 3 is 2.34 bits per heavy atom. The fourth-order valence-corrected chi connectivity index (χ4v) is 18.5. The lowest BCUT2D eigenvalue weighted by molar-refractivity contribution is -0.168. The Hall–Kier alpha value is -3.32. The van der Waals surface area contributed by atoms with Crippen molar-refractivity contribution in [1.82, 2.24) is 24.5 Å². The zero-order chi connectivity index (χ0) is 37.6. The average molecular weight is 799 g/mol. The SMILES string of the molecule is CC[C@@]12SS[C@]3(C(=O)N1C)[C@@H](O)[C@]1([C@@]45c6cc(F)ccc6N[C@@H]4N4C(=O)[C@]6(C)SS[C@]4(C(=O)N6C)[C@H]5OC(=O)N(C)C)c4ccccc4C[C@@H]1N3C2=O. The van der Waals surface area contributed by atoms with Gasteiger partial charge in [0.15, 0.2) is 15.8 Å². The lowest BCUT2D eigenvalue weighted by Gasteiger charge is -2.59. The molecule has 1 aliphatic carbocycles. The van der Waals surface area contributed by atoms with Crippen LogP contribution in [0.25, 0.3) is 0 Å². The third-order valence-electron chi connectivity index (χ3n) is 13.4. The number of hydrogen-bond donors (Lipinski definition) is 2. The highest BCUT2D eigenvalue weighted by molar-refractivity contribution is 8.78. The fraction of sp³-hybridized carbons (Fsp3) is 0.514. The van der Waals surface area contributed by atoms with Crippen molar-refractivity contribution in [3.05, 3.63) is 65.0 Å². The molecule has 12 rings (SSSR count). The minimum atomic E-state index is -1.91. The predicted octanol–water partition coefficient (Wildman–Crippen LogP) is 2.74. The van der Waals surface area contributed by atoms with Crippen LogP contribution in [0.3, 0.4) is 0 Å². The summed E-state index contributed by atoms with van der Waals surface area (Å²) in [5, 5.41) is 17.1.